The molecule has 0 aromatic carbocycles. The molecular formula is C27H34N2O. The normalized spacial score (nSPS) is 20.4. The minimum Gasteiger partial charge on any atom is -0.366 e. The Morgan fingerprint density at radius 3 is 2.57 bits per heavy atom. The molecule has 3 heteroatoms. The highest BCUT2D eigenvalue weighted by Crippen LogP contribution is 2.43. The Labute approximate surface area is 181 Å². The Balaban J connectivity index is 2.27. The lowest BCUT2D eigenvalue weighted by Crippen LogP contribution is -2.19. The summed E-state index contributed by atoms with van der Waals surface area (Å²) in [7, 11) is 0. The van der Waals surface area contributed by atoms with Crippen LogP contribution in [0.2, 0.25) is 0 Å². The number of rotatable bonds is 6. The van der Waals surface area contributed by atoms with Gasteiger partial charge in [0.25, 0.3) is 0 Å². The molecule has 0 radical (unpaired) electrons. The highest BCUT2D eigenvalue weighted by molar-refractivity contribution is 5.86. The van der Waals surface area contributed by atoms with Gasteiger partial charge in [-0.1, -0.05) is 62.0 Å². The van der Waals surface area contributed by atoms with Crippen LogP contribution in [0.25, 0.3) is 0 Å². The Kier molecular flexibility index (Phi) is 7.93. The molecule has 0 fully saturated rings. The third-order valence-electron chi connectivity index (χ3n) is 5.45. The second-order valence-corrected chi connectivity index (χ2v) is 8.72. The van der Waals surface area contributed by atoms with Gasteiger partial charge in [-0.05, 0) is 79.4 Å². The zero-order valence-electron chi connectivity index (χ0n) is 19.1. The van der Waals surface area contributed by atoms with E-state index in [0.29, 0.717) is 0 Å². The number of nitrogens with zero attached hydrogens (tertiary/aromatic N) is 1. The van der Waals surface area contributed by atoms with Gasteiger partial charge in [0.15, 0.2) is 0 Å². The summed E-state index contributed by atoms with van der Waals surface area (Å²) in [6, 6.07) is 0. The quantitative estimate of drug-likeness (QED) is 0.402. The molecule has 2 N–H and O–H groups in total. The average molecular weight is 403 g/mol. The zero-order chi connectivity index (χ0) is 22.3. The van der Waals surface area contributed by atoms with Crippen LogP contribution in [0.3, 0.4) is 0 Å². The van der Waals surface area contributed by atoms with Crippen LogP contribution < -0.4 is 5.73 Å². The first-order chi connectivity index (χ1) is 14.1. The molecule has 0 saturated carbocycles. The number of carbonyl (C=O) groups excluding carboxylic acids is 1. The van der Waals surface area contributed by atoms with Crippen molar-refractivity contribution in [1.82, 2.24) is 0 Å². The van der Waals surface area contributed by atoms with Crippen LogP contribution in [0.15, 0.2) is 98.8 Å². The molecule has 2 rings (SSSR count). The van der Waals surface area contributed by atoms with Gasteiger partial charge in [0, 0.05) is 18.5 Å². The average Bonchev–Trinajstić information content (AvgIpc) is 2.85. The molecule has 2 aliphatic rings. The summed E-state index contributed by atoms with van der Waals surface area (Å²) in [5.41, 5.74) is 13.7. The predicted octanol–water partition coefficient (Wildman–Crippen LogP) is 6.45. The lowest BCUT2D eigenvalue weighted by atomic mass is 9.72. The van der Waals surface area contributed by atoms with E-state index in [2.05, 4.69) is 63.9 Å². The fourth-order valence-electron chi connectivity index (χ4n) is 3.69. The molecule has 0 bridgehead atoms. The molecular weight excluding hydrogens is 368 g/mol. The first-order valence-electron chi connectivity index (χ1n) is 10.4. The molecule has 1 amide bonds. The van der Waals surface area contributed by atoms with E-state index in [1.54, 1.807) is 0 Å². The standard InChI is InChI=1S/C27H34N2O/c1-19(8-7-9-20(2)16-26(28)30)11-13-25-22(4)24(14-15-27(25,5)6)23-12-10-21(3)17-29-18-23/h7-11,13-14,16-18H,12,15H2,1-6H3,(H2,28,30)/b9-7+,13-11+,19-8+,20-16-. The summed E-state index contributed by atoms with van der Waals surface area (Å²) < 4.78 is 0. The Morgan fingerprint density at radius 1 is 1.13 bits per heavy atom. The smallest absolute Gasteiger partial charge is 0.241 e. The highest BCUT2D eigenvalue weighted by Gasteiger charge is 2.28. The summed E-state index contributed by atoms with van der Waals surface area (Å²) in [6.45, 7) is 12.8. The van der Waals surface area contributed by atoms with E-state index in [1.807, 2.05) is 37.6 Å². The van der Waals surface area contributed by atoms with Gasteiger partial charge in [-0.3, -0.25) is 9.79 Å². The molecule has 0 aromatic heterocycles. The minimum atomic E-state index is -0.427. The maximum atomic E-state index is 10.9. The first-order valence-corrected chi connectivity index (χ1v) is 10.4. The van der Waals surface area contributed by atoms with E-state index < -0.39 is 5.91 Å². The molecule has 158 valence electrons. The lowest BCUT2D eigenvalue weighted by molar-refractivity contribution is -0.113. The van der Waals surface area contributed by atoms with Crippen LogP contribution >= 0.6 is 0 Å². The van der Waals surface area contributed by atoms with Crippen molar-refractivity contribution < 1.29 is 4.79 Å². The monoisotopic (exact) mass is 402 g/mol. The maximum absolute atomic E-state index is 10.9. The second kappa shape index (κ2) is 10.2. The molecule has 0 atom stereocenters. The number of amides is 1. The molecule has 1 aliphatic carbocycles. The number of hydrogen-bond donors (Lipinski definition) is 1. The fourth-order valence-corrected chi connectivity index (χ4v) is 3.69. The van der Waals surface area contributed by atoms with Gasteiger partial charge in [0.1, 0.15) is 0 Å². The summed E-state index contributed by atoms with van der Waals surface area (Å²) >= 11 is 0. The SMILES string of the molecule is CC1=CCC(C2=CCC(C)(C)C(/C=C/C(C)=C/C=C/C(C)=C\C(N)=O)=C2C)=CN=C1. The van der Waals surface area contributed by atoms with Crippen molar-refractivity contribution in [3.63, 3.8) is 0 Å². The molecule has 1 aliphatic heterocycles. The lowest BCUT2D eigenvalue weighted by Gasteiger charge is -2.33. The minimum absolute atomic E-state index is 0.0847. The van der Waals surface area contributed by atoms with Crippen molar-refractivity contribution in [2.75, 3.05) is 0 Å². The molecule has 30 heavy (non-hydrogen) atoms. The van der Waals surface area contributed by atoms with Gasteiger partial charge < -0.3 is 5.73 Å². The number of hydrogen-bond acceptors (Lipinski definition) is 2. The highest BCUT2D eigenvalue weighted by atomic mass is 16.1. The fraction of sp³-hybridized carbons (Fsp3) is 0.333. The Bertz CT molecular complexity index is 968. The van der Waals surface area contributed by atoms with Crippen molar-refractivity contribution in [3.8, 4) is 0 Å². The number of carbonyl (C=O) groups is 1. The van der Waals surface area contributed by atoms with Gasteiger partial charge in [-0.15, -0.1) is 0 Å². The first kappa shape index (κ1) is 23.3. The van der Waals surface area contributed by atoms with Crippen molar-refractivity contribution in [1.29, 1.82) is 0 Å². The summed E-state index contributed by atoms with van der Waals surface area (Å²) in [5, 5.41) is 0. The van der Waals surface area contributed by atoms with Crippen LogP contribution in [-0.2, 0) is 4.79 Å². The predicted molar refractivity (Wildman–Crippen MR) is 129 cm³/mol. The maximum Gasteiger partial charge on any atom is 0.241 e. The molecule has 3 nitrogen and oxygen atoms in total. The molecule has 0 saturated heterocycles. The number of nitrogens with two attached hydrogens (primary N) is 1. The Hall–Kier alpha value is -2.94. The number of primary amides is 1. The van der Waals surface area contributed by atoms with Crippen molar-refractivity contribution in [2.24, 2.45) is 16.1 Å². The van der Waals surface area contributed by atoms with Crippen molar-refractivity contribution in [3.05, 3.63) is 93.8 Å². The second-order valence-electron chi connectivity index (χ2n) is 8.72. The van der Waals surface area contributed by atoms with E-state index in [-0.39, 0.29) is 5.41 Å². The summed E-state index contributed by atoms with van der Waals surface area (Å²) in [6.07, 6.45) is 22.1. The van der Waals surface area contributed by atoms with E-state index in [4.69, 9.17) is 5.73 Å². The largest absolute Gasteiger partial charge is 0.366 e. The molecule has 0 unspecified atom stereocenters. The zero-order valence-corrected chi connectivity index (χ0v) is 19.1. The van der Waals surface area contributed by atoms with Gasteiger partial charge in [-0.25, -0.2) is 0 Å². The van der Waals surface area contributed by atoms with Crippen LogP contribution in [0.4, 0.5) is 0 Å². The third kappa shape index (κ3) is 6.55. The topological polar surface area (TPSA) is 55.5 Å². The molecule has 0 spiro atoms. The van der Waals surface area contributed by atoms with Crippen LogP contribution in [0.1, 0.15) is 54.4 Å². The van der Waals surface area contributed by atoms with Crippen molar-refractivity contribution in [2.45, 2.75) is 54.4 Å². The summed E-state index contributed by atoms with van der Waals surface area (Å²) in [5.74, 6) is -0.427. The van der Waals surface area contributed by atoms with E-state index in [1.165, 1.54) is 33.9 Å². The van der Waals surface area contributed by atoms with E-state index >= 15 is 0 Å². The molecule has 1 heterocycles. The van der Waals surface area contributed by atoms with Crippen LogP contribution in [-0.4, -0.2) is 12.1 Å². The number of aliphatic imine (C=N–C) groups is 1. The van der Waals surface area contributed by atoms with Crippen LogP contribution in [0.5, 0.6) is 0 Å². The Morgan fingerprint density at radius 2 is 1.87 bits per heavy atom. The third-order valence-corrected chi connectivity index (χ3v) is 5.45. The molecule has 0 aromatic rings. The van der Waals surface area contributed by atoms with Gasteiger partial charge >= 0.3 is 0 Å². The van der Waals surface area contributed by atoms with E-state index in [9.17, 15) is 4.79 Å². The van der Waals surface area contributed by atoms with Crippen molar-refractivity contribution >= 4 is 12.1 Å². The van der Waals surface area contributed by atoms with Gasteiger partial charge in [-0.2, -0.15) is 0 Å². The van der Waals surface area contributed by atoms with E-state index in [0.717, 1.165) is 24.0 Å². The van der Waals surface area contributed by atoms with Crippen LogP contribution in [0, 0.1) is 5.41 Å². The number of allylic oxidation sites excluding steroid dienone is 14. The summed E-state index contributed by atoms with van der Waals surface area (Å²) in [4.78, 5) is 15.4. The van der Waals surface area contributed by atoms with Gasteiger partial charge in [0.2, 0.25) is 5.91 Å². The van der Waals surface area contributed by atoms with Gasteiger partial charge in [0.05, 0.1) is 0 Å².